The summed E-state index contributed by atoms with van der Waals surface area (Å²) in [6, 6.07) is 12.1. The minimum absolute atomic E-state index is 0.0255. The molecule has 0 bridgehead atoms. The number of nitrogens with zero attached hydrogens (tertiary/aromatic N) is 2. The van der Waals surface area contributed by atoms with Gasteiger partial charge in [0.2, 0.25) is 5.91 Å². The number of nitrogens with one attached hydrogen (secondary N) is 1. The molecule has 6 nitrogen and oxygen atoms in total. The number of rotatable bonds is 5. The van der Waals surface area contributed by atoms with Crippen molar-refractivity contribution in [3.05, 3.63) is 64.8 Å². The molecule has 150 valence electrons. The molecule has 3 aromatic rings. The third-order valence-electron chi connectivity index (χ3n) is 5.30. The fourth-order valence-corrected chi connectivity index (χ4v) is 3.82. The molecule has 1 unspecified atom stereocenters. The topological polar surface area (TPSA) is 65.4 Å². The minimum Gasteiger partial charge on any atom is -0.493 e. The number of aryl methyl sites for hydroxylation is 2. The van der Waals surface area contributed by atoms with E-state index in [1.54, 1.807) is 7.11 Å². The van der Waals surface area contributed by atoms with Crippen LogP contribution in [0.25, 0.3) is 5.69 Å². The van der Waals surface area contributed by atoms with E-state index in [-0.39, 0.29) is 11.8 Å². The number of carbonyl (C=O) groups is 1. The van der Waals surface area contributed by atoms with Gasteiger partial charge in [0.15, 0.2) is 11.5 Å². The van der Waals surface area contributed by atoms with Crippen molar-refractivity contribution < 1.29 is 14.3 Å². The standard InChI is InChI=1S/C23H25N3O3/c1-5-29-20-9-8-16(11-21(20)28-4)17-12-22(27)25-23-18(17)13-24-26(23)19-10-14(2)6-7-15(19)3/h6-11,13,17H,5,12H2,1-4H3,(H,25,27). The van der Waals surface area contributed by atoms with Crippen LogP contribution in [0.4, 0.5) is 5.82 Å². The molecule has 0 aliphatic carbocycles. The van der Waals surface area contributed by atoms with Crippen LogP contribution in [0.2, 0.25) is 0 Å². The molecule has 1 aliphatic heterocycles. The Balaban J connectivity index is 1.79. The summed E-state index contributed by atoms with van der Waals surface area (Å²) in [5.41, 5.74) is 5.21. The highest BCUT2D eigenvalue weighted by atomic mass is 16.5. The first-order valence-electron chi connectivity index (χ1n) is 9.78. The average Bonchev–Trinajstić information content (AvgIpc) is 3.13. The fourth-order valence-electron chi connectivity index (χ4n) is 3.82. The zero-order valence-corrected chi connectivity index (χ0v) is 17.2. The molecule has 0 fully saturated rings. The molecular formula is C23H25N3O3. The van der Waals surface area contributed by atoms with E-state index in [0.29, 0.717) is 24.5 Å². The smallest absolute Gasteiger partial charge is 0.226 e. The predicted molar refractivity (Wildman–Crippen MR) is 112 cm³/mol. The van der Waals surface area contributed by atoms with Gasteiger partial charge in [0, 0.05) is 17.9 Å². The molecule has 1 atom stereocenters. The summed E-state index contributed by atoms with van der Waals surface area (Å²) < 4.78 is 13.0. The van der Waals surface area contributed by atoms with E-state index in [4.69, 9.17) is 9.47 Å². The first kappa shape index (κ1) is 19.1. The second-order valence-corrected chi connectivity index (χ2v) is 7.30. The first-order valence-corrected chi connectivity index (χ1v) is 9.78. The summed E-state index contributed by atoms with van der Waals surface area (Å²) in [6.07, 6.45) is 2.22. The van der Waals surface area contributed by atoms with Crippen LogP contribution in [0, 0.1) is 13.8 Å². The molecule has 1 aromatic heterocycles. The lowest BCUT2D eigenvalue weighted by molar-refractivity contribution is -0.116. The predicted octanol–water partition coefficient (Wildman–Crippen LogP) is 4.37. The zero-order valence-electron chi connectivity index (χ0n) is 17.2. The van der Waals surface area contributed by atoms with Gasteiger partial charge in [-0.2, -0.15) is 5.10 Å². The Morgan fingerprint density at radius 2 is 2.00 bits per heavy atom. The van der Waals surface area contributed by atoms with Gasteiger partial charge in [0.25, 0.3) is 0 Å². The van der Waals surface area contributed by atoms with Gasteiger partial charge in [-0.3, -0.25) is 4.79 Å². The maximum atomic E-state index is 12.6. The molecule has 0 spiro atoms. The van der Waals surface area contributed by atoms with Crippen LogP contribution in [-0.2, 0) is 4.79 Å². The number of hydrogen-bond acceptors (Lipinski definition) is 4. The summed E-state index contributed by atoms with van der Waals surface area (Å²) in [5.74, 6) is 1.97. The molecule has 1 amide bonds. The molecule has 29 heavy (non-hydrogen) atoms. The lowest BCUT2D eigenvalue weighted by Crippen LogP contribution is -2.24. The number of amides is 1. The molecule has 2 heterocycles. The van der Waals surface area contributed by atoms with Crippen molar-refractivity contribution in [2.45, 2.75) is 33.1 Å². The Kier molecular flexibility index (Phi) is 5.01. The summed E-state index contributed by atoms with van der Waals surface area (Å²) in [5, 5.41) is 7.64. The number of methoxy groups -OCH3 is 1. The summed E-state index contributed by atoms with van der Waals surface area (Å²) >= 11 is 0. The molecule has 6 heteroatoms. The van der Waals surface area contributed by atoms with Crippen molar-refractivity contribution in [1.82, 2.24) is 9.78 Å². The lowest BCUT2D eigenvalue weighted by Gasteiger charge is -2.25. The Morgan fingerprint density at radius 3 is 2.76 bits per heavy atom. The number of hydrogen-bond donors (Lipinski definition) is 1. The van der Waals surface area contributed by atoms with Crippen molar-refractivity contribution in [3.8, 4) is 17.2 Å². The third-order valence-corrected chi connectivity index (χ3v) is 5.30. The van der Waals surface area contributed by atoms with E-state index >= 15 is 0 Å². The Labute approximate surface area is 170 Å². The second-order valence-electron chi connectivity index (χ2n) is 7.30. The summed E-state index contributed by atoms with van der Waals surface area (Å²) in [7, 11) is 1.62. The van der Waals surface area contributed by atoms with Gasteiger partial charge in [-0.15, -0.1) is 0 Å². The number of benzene rings is 2. The molecule has 0 saturated carbocycles. The van der Waals surface area contributed by atoms with Gasteiger partial charge < -0.3 is 14.8 Å². The van der Waals surface area contributed by atoms with Crippen molar-refractivity contribution in [2.24, 2.45) is 0 Å². The largest absolute Gasteiger partial charge is 0.493 e. The maximum absolute atomic E-state index is 12.6. The van der Waals surface area contributed by atoms with Crippen molar-refractivity contribution in [3.63, 3.8) is 0 Å². The van der Waals surface area contributed by atoms with Gasteiger partial charge in [-0.05, 0) is 55.7 Å². The number of ether oxygens (including phenoxy) is 2. The first-order chi connectivity index (χ1) is 14.0. The van der Waals surface area contributed by atoms with E-state index in [1.165, 1.54) is 0 Å². The quantitative estimate of drug-likeness (QED) is 0.701. The van der Waals surface area contributed by atoms with Crippen LogP contribution in [-0.4, -0.2) is 29.4 Å². The van der Waals surface area contributed by atoms with Gasteiger partial charge in [-0.25, -0.2) is 4.68 Å². The van der Waals surface area contributed by atoms with Crippen LogP contribution >= 0.6 is 0 Å². The second kappa shape index (κ2) is 7.62. The molecule has 0 saturated heterocycles. The molecule has 4 rings (SSSR count). The van der Waals surface area contributed by atoms with E-state index in [2.05, 4.69) is 28.6 Å². The Bertz CT molecular complexity index is 1070. The molecular weight excluding hydrogens is 366 g/mol. The van der Waals surface area contributed by atoms with Gasteiger partial charge in [0.05, 0.1) is 25.6 Å². The normalized spacial score (nSPS) is 15.6. The van der Waals surface area contributed by atoms with E-state index in [1.807, 2.05) is 49.8 Å². The van der Waals surface area contributed by atoms with Gasteiger partial charge in [-0.1, -0.05) is 18.2 Å². The van der Waals surface area contributed by atoms with Crippen molar-refractivity contribution >= 4 is 11.7 Å². The highest BCUT2D eigenvalue weighted by molar-refractivity contribution is 5.94. The van der Waals surface area contributed by atoms with Crippen molar-refractivity contribution in [1.29, 1.82) is 0 Å². The van der Waals surface area contributed by atoms with E-state index in [9.17, 15) is 4.79 Å². The highest BCUT2D eigenvalue weighted by Crippen LogP contribution is 2.41. The van der Waals surface area contributed by atoms with E-state index in [0.717, 1.165) is 33.8 Å². The summed E-state index contributed by atoms with van der Waals surface area (Å²) in [4.78, 5) is 12.6. The Morgan fingerprint density at radius 1 is 1.17 bits per heavy atom. The molecule has 1 aliphatic rings. The lowest BCUT2D eigenvalue weighted by atomic mass is 9.87. The monoisotopic (exact) mass is 391 g/mol. The molecule has 0 radical (unpaired) electrons. The minimum atomic E-state index is -0.0952. The number of carbonyl (C=O) groups excluding carboxylic acids is 1. The molecule has 1 N–H and O–H groups in total. The number of anilines is 1. The van der Waals surface area contributed by atoms with Crippen LogP contribution in [0.1, 0.15) is 41.5 Å². The van der Waals surface area contributed by atoms with Crippen molar-refractivity contribution in [2.75, 3.05) is 19.0 Å². The average molecular weight is 391 g/mol. The van der Waals surface area contributed by atoms with Crippen LogP contribution in [0.15, 0.2) is 42.6 Å². The van der Waals surface area contributed by atoms with Gasteiger partial charge in [0.1, 0.15) is 5.82 Å². The maximum Gasteiger partial charge on any atom is 0.226 e. The SMILES string of the molecule is CCOc1ccc(C2CC(=O)Nc3c2cnn3-c2cc(C)ccc2C)cc1OC. The highest BCUT2D eigenvalue weighted by Gasteiger charge is 2.31. The fraction of sp³-hybridized carbons (Fsp3) is 0.304. The number of fused-ring (bicyclic) bond motifs is 1. The zero-order chi connectivity index (χ0) is 20.5. The Hall–Kier alpha value is -3.28. The van der Waals surface area contributed by atoms with Crippen LogP contribution in [0.5, 0.6) is 11.5 Å². The summed E-state index contributed by atoms with van der Waals surface area (Å²) in [6.45, 7) is 6.59. The van der Waals surface area contributed by atoms with Crippen LogP contribution in [0.3, 0.4) is 0 Å². The van der Waals surface area contributed by atoms with E-state index < -0.39 is 0 Å². The number of aromatic nitrogens is 2. The van der Waals surface area contributed by atoms with Gasteiger partial charge >= 0.3 is 0 Å². The van der Waals surface area contributed by atoms with Crippen LogP contribution < -0.4 is 14.8 Å². The third kappa shape index (κ3) is 3.46. The molecule has 2 aromatic carbocycles.